The summed E-state index contributed by atoms with van der Waals surface area (Å²) < 4.78 is 11.8. The van der Waals surface area contributed by atoms with Crippen LogP contribution in [0.1, 0.15) is 33.9 Å². The summed E-state index contributed by atoms with van der Waals surface area (Å²) in [5, 5.41) is 6.08. The number of carbonyl (C=O) groups excluding carboxylic acids is 3. The lowest BCUT2D eigenvalue weighted by atomic mass is 9.98. The molecule has 0 fully saturated rings. The number of amides is 2. The Balaban J connectivity index is 1.50. The van der Waals surface area contributed by atoms with E-state index in [0.717, 1.165) is 21.3 Å². The predicted octanol–water partition coefficient (Wildman–Crippen LogP) is 4.37. The van der Waals surface area contributed by atoms with Crippen molar-refractivity contribution in [3.63, 3.8) is 0 Å². The smallest absolute Gasteiger partial charge is 0.299 e. The Labute approximate surface area is 216 Å². The minimum Gasteiger partial charge on any atom is -0.493 e. The van der Waals surface area contributed by atoms with Crippen molar-refractivity contribution >= 4 is 44.9 Å². The Morgan fingerprint density at radius 3 is 2.44 bits per heavy atom. The van der Waals surface area contributed by atoms with Crippen LogP contribution in [0.15, 0.2) is 76.3 Å². The van der Waals surface area contributed by atoms with Crippen LogP contribution < -0.4 is 14.4 Å². The average molecular weight is 548 g/mol. The molecule has 2 amide bonds. The van der Waals surface area contributed by atoms with Crippen LogP contribution in [0.25, 0.3) is 0 Å². The van der Waals surface area contributed by atoms with E-state index in [1.807, 2.05) is 36.4 Å². The van der Waals surface area contributed by atoms with E-state index < -0.39 is 23.6 Å². The molecule has 0 radical (unpaired) electrons. The van der Waals surface area contributed by atoms with Crippen LogP contribution in [-0.2, 0) is 9.59 Å². The fourth-order valence-corrected chi connectivity index (χ4v) is 4.75. The van der Waals surface area contributed by atoms with Gasteiger partial charge in [0.1, 0.15) is 6.54 Å². The summed E-state index contributed by atoms with van der Waals surface area (Å²) in [7, 11) is 3.11. The van der Waals surface area contributed by atoms with Gasteiger partial charge in [-0.25, -0.2) is 5.01 Å². The molecule has 0 spiro atoms. The summed E-state index contributed by atoms with van der Waals surface area (Å²) in [4.78, 5) is 39.9. The van der Waals surface area contributed by atoms with Gasteiger partial charge < -0.3 is 9.47 Å². The van der Waals surface area contributed by atoms with Crippen molar-refractivity contribution in [1.29, 1.82) is 0 Å². The molecule has 0 bridgehead atoms. The molecule has 0 saturated carbocycles. The van der Waals surface area contributed by atoms with Crippen molar-refractivity contribution in [2.24, 2.45) is 5.10 Å². The number of fused-ring (bicyclic) bond motifs is 1. The number of halogens is 1. The minimum absolute atomic E-state index is 0.298. The first-order valence-corrected chi connectivity index (χ1v) is 12.0. The first kappa shape index (κ1) is 23.7. The maximum atomic E-state index is 13.6. The first-order chi connectivity index (χ1) is 17.4. The second-order valence-corrected chi connectivity index (χ2v) is 9.28. The number of hydrogen-bond acceptors (Lipinski definition) is 6. The van der Waals surface area contributed by atoms with E-state index >= 15 is 0 Å². The Morgan fingerprint density at radius 2 is 1.72 bits per heavy atom. The number of ketones is 1. The number of nitrogens with zero attached hydrogens (tertiary/aromatic N) is 3. The Hall–Kier alpha value is -3.98. The van der Waals surface area contributed by atoms with Crippen LogP contribution >= 0.6 is 15.9 Å². The first-order valence-electron chi connectivity index (χ1n) is 11.2. The average Bonchev–Trinajstić information content (AvgIpc) is 3.45. The highest BCUT2D eigenvalue weighted by molar-refractivity contribution is 9.10. The molecule has 3 aromatic rings. The van der Waals surface area contributed by atoms with E-state index in [4.69, 9.17) is 9.47 Å². The maximum absolute atomic E-state index is 13.6. The molecule has 36 heavy (non-hydrogen) atoms. The van der Waals surface area contributed by atoms with Gasteiger partial charge in [-0.1, -0.05) is 46.3 Å². The van der Waals surface area contributed by atoms with E-state index in [2.05, 4.69) is 21.0 Å². The van der Waals surface area contributed by atoms with Crippen LogP contribution in [0.4, 0.5) is 5.69 Å². The third kappa shape index (κ3) is 4.15. The molecular formula is C27H22BrN3O5. The number of hydrogen-bond donors (Lipinski definition) is 0. The van der Waals surface area contributed by atoms with Crippen LogP contribution in [-0.4, -0.2) is 49.1 Å². The number of para-hydroxylation sites is 1. The molecule has 2 heterocycles. The van der Waals surface area contributed by atoms with Crippen molar-refractivity contribution in [3.8, 4) is 11.5 Å². The lowest BCUT2D eigenvalue weighted by molar-refractivity contribution is -0.132. The van der Waals surface area contributed by atoms with E-state index in [0.29, 0.717) is 29.2 Å². The van der Waals surface area contributed by atoms with Crippen molar-refractivity contribution in [2.45, 2.75) is 12.5 Å². The van der Waals surface area contributed by atoms with Crippen molar-refractivity contribution in [2.75, 3.05) is 25.7 Å². The lowest BCUT2D eigenvalue weighted by Gasteiger charge is -2.25. The van der Waals surface area contributed by atoms with Crippen molar-refractivity contribution in [1.82, 2.24) is 5.01 Å². The number of hydrazone groups is 1. The van der Waals surface area contributed by atoms with Crippen molar-refractivity contribution < 1.29 is 23.9 Å². The highest BCUT2D eigenvalue weighted by atomic mass is 79.9. The van der Waals surface area contributed by atoms with E-state index in [9.17, 15) is 14.4 Å². The number of benzene rings is 3. The molecule has 0 aromatic heterocycles. The quantitative estimate of drug-likeness (QED) is 0.427. The topological polar surface area (TPSA) is 88.5 Å². The van der Waals surface area contributed by atoms with Gasteiger partial charge in [-0.05, 0) is 47.5 Å². The summed E-state index contributed by atoms with van der Waals surface area (Å²) in [5.74, 6) is -0.628. The summed E-state index contributed by atoms with van der Waals surface area (Å²) in [5.41, 5.74) is 3.16. The molecule has 2 aliphatic rings. The van der Waals surface area contributed by atoms with Gasteiger partial charge in [0.15, 0.2) is 11.5 Å². The highest BCUT2D eigenvalue weighted by Crippen LogP contribution is 2.38. The molecule has 9 heteroatoms. The fourth-order valence-electron chi connectivity index (χ4n) is 4.49. The van der Waals surface area contributed by atoms with Crippen molar-refractivity contribution in [3.05, 3.63) is 87.9 Å². The molecule has 1 atom stereocenters. The minimum atomic E-state index is -0.719. The van der Waals surface area contributed by atoms with Crippen LogP contribution in [0.5, 0.6) is 11.5 Å². The van der Waals surface area contributed by atoms with Crippen LogP contribution in [0.2, 0.25) is 0 Å². The Morgan fingerprint density at radius 1 is 1.00 bits per heavy atom. The molecule has 2 aliphatic heterocycles. The third-order valence-corrected chi connectivity index (χ3v) is 6.84. The van der Waals surface area contributed by atoms with Gasteiger partial charge in [-0.3, -0.25) is 19.3 Å². The zero-order chi connectivity index (χ0) is 25.4. The zero-order valence-corrected chi connectivity index (χ0v) is 21.2. The number of ether oxygens (including phenoxy) is 2. The molecule has 1 unspecified atom stereocenters. The predicted molar refractivity (Wildman–Crippen MR) is 138 cm³/mol. The molecular weight excluding hydrogens is 526 g/mol. The van der Waals surface area contributed by atoms with Gasteiger partial charge in [0.25, 0.3) is 17.6 Å². The maximum Gasteiger partial charge on any atom is 0.299 e. The summed E-state index contributed by atoms with van der Waals surface area (Å²) >= 11 is 3.44. The van der Waals surface area contributed by atoms with E-state index in [-0.39, 0.29) is 6.54 Å². The largest absolute Gasteiger partial charge is 0.493 e. The second kappa shape index (κ2) is 9.58. The second-order valence-electron chi connectivity index (χ2n) is 8.36. The molecule has 182 valence electrons. The summed E-state index contributed by atoms with van der Waals surface area (Å²) in [6.45, 7) is -0.303. The summed E-state index contributed by atoms with van der Waals surface area (Å²) in [6.07, 6.45) is 0.465. The highest BCUT2D eigenvalue weighted by Gasteiger charge is 2.40. The number of rotatable bonds is 6. The number of carbonyl (C=O) groups is 3. The molecule has 8 nitrogen and oxygen atoms in total. The molecule has 0 aliphatic carbocycles. The number of Topliss-reactive ketones (excluding diaryl/α,β-unsaturated/α-hetero) is 1. The number of anilines is 1. The van der Waals surface area contributed by atoms with Gasteiger partial charge in [-0.15, -0.1) is 0 Å². The molecule has 5 rings (SSSR count). The fraction of sp³-hybridized carbons (Fsp3) is 0.185. The zero-order valence-electron chi connectivity index (χ0n) is 19.6. The molecule has 3 aromatic carbocycles. The van der Waals surface area contributed by atoms with Gasteiger partial charge in [-0.2, -0.15) is 5.10 Å². The monoisotopic (exact) mass is 547 g/mol. The third-order valence-electron chi connectivity index (χ3n) is 6.31. The SMILES string of the molecule is COc1ccc(C2CC(c3ccc(Br)cc3)=NN2C(=O)CN2C(=O)C(=O)c3ccccc32)cc1OC. The van der Waals surface area contributed by atoms with Gasteiger partial charge in [0.2, 0.25) is 0 Å². The summed E-state index contributed by atoms with van der Waals surface area (Å²) in [6, 6.07) is 19.4. The van der Waals surface area contributed by atoms with Gasteiger partial charge in [0.05, 0.1) is 37.2 Å². The number of methoxy groups -OCH3 is 2. The van der Waals surface area contributed by atoms with Crippen LogP contribution in [0, 0.1) is 0 Å². The van der Waals surface area contributed by atoms with Crippen LogP contribution in [0.3, 0.4) is 0 Å². The Bertz CT molecular complexity index is 1400. The molecule has 0 N–H and O–H groups in total. The lowest BCUT2D eigenvalue weighted by Crippen LogP contribution is -2.40. The molecule has 0 saturated heterocycles. The van der Waals surface area contributed by atoms with E-state index in [1.165, 1.54) is 9.91 Å². The normalized spacial score (nSPS) is 16.8. The van der Waals surface area contributed by atoms with Gasteiger partial charge >= 0.3 is 0 Å². The van der Waals surface area contributed by atoms with Gasteiger partial charge in [0, 0.05) is 10.9 Å². The van der Waals surface area contributed by atoms with E-state index in [1.54, 1.807) is 44.6 Å². The standard InChI is InChI=1S/C27H22BrN3O5/c1-35-23-12-9-17(13-24(23)36-2)22-14-20(16-7-10-18(28)11-8-16)29-31(22)25(32)15-30-21-6-4-3-5-19(21)26(33)27(30)34/h3-13,22H,14-15H2,1-2H3. The Kier molecular flexibility index (Phi) is 6.32.